The Morgan fingerprint density at radius 1 is 1.65 bits per heavy atom. The van der Waals surface area contributed by atoms with Crippen molar-refractivity contribution in [3.05, 3.63) is 10.7 Å². The number of nitrogens with two attached hydrogens (primary N) is 1. The van der Waals surface area contributed by atoms with E-state index in [4.69, 9.17) is 5.73 Å². The van der Waals surface area contributed by atoms with E-state index in [1.165, 1.54) is 0 Å². The number of methoxy groups -OCH3 is 1. The van der Waals surface area contributed by atoms with E-state index in [0.717, 1.165) is 17.4 Å². The number of halogens is 1. The highest BCUT2D eigenvalue weighted by molar-refractivity contribution is 9.10. The van der Waals surface area contributed by atoms with Crippen LogP contribution in [0, 0.1) is 5.92 Å². The Morgan fingerprint density at radius 2 is 2.18 bits per heavy atom. The minimum atomic E-state index is -0.242. The molecule has 6 heteroatoms. The molecule has 98 valence electrons. The number of rotatable bonds is 4. The van der Waals surface area contributed by atoms with E-state index in [0.29, 0.717) is 5.82 Å². The molecule has 17 heavy (non-hydrogen) atoms. The summed E-state index contributed by atoms with van der Waals surface area (Å²) < 4.78 is 6.84. The summed E-state index contributed by atoms with van der Waals surface area (Å²) in [4.78, 5) is 10.8. The average Bonchev–Trinajstić information content (AvgIpc) is 2.60. The third-order valence-electron chi connectivity index (χ3n) is 2.13. The quantitative estimate of drug-likeness (QED) is 0.866. The van der Waals surface area contributed by atoms with Crippen molar-refractivity contribution < 1.29 is 9.53 Å². The molecule has 0 bridgehead atoms. The lowest BCUT2D eigenvalue weighted by atomic mass is 10.1. The molecule has 1 heterocycles. The van der Waals surface area contributed by atoms with Crippen LogP contribution in [-0.2, 0) is 9.53 Å². The van der Waals surface area contributed by atoms with Crippen LogP contribution in [0.3, 0.4) is 0 Å². The Kier molecular flexibility index (Phi) is 7.82. The Hall–Kier alpha value is -0.880. The number of anilines is 1. The van der Waals surface area contributed by atoms with Crippen LogP contribution in [-0.4, -0.2) is 29.8 Å². The largest absolute Gasteiger partial charge is 0.385 e. The van der Waals surface area contributed by atoms with E-state index in [2.05, 4.69) is 25.8 Å². The van der Waals surface area contributed by atoms with Gasteiger partial charge in [0.1, 0.15) is 12.3 Å². The minimum absolute atomic E-state index is 0.212. The standard InChI is InChI=1S/C8H12BrN3O.C3H8O/c1-5(2)7(4-13)12-3-6(9)8(10)11-12;1-3-4-2/h3-5,7H,1-2H3,(H2,10,11);3H2,1-2H3. The predicted molar refractivity (Wildman–Crippen MR) is 71.8 cm³/mol. The van der Waals surface area contributed by atoms with E-state index in [9.17, 15) is 4.79 Å². The number of nitrogens with zero attached hydrogens (tertiary/aromatic N) is 2. The molecule has 1 atom stereocenters. The Balaban J connectivity index is 0.000000557. The molecule has 0 aromatic carbocycles. The third-order valence-corrected chi connectivity index (χ3v) is 2.74. The maximum Gasteiger partial charge on any atom is 0.159 e. The van der Waals surface area contributed by atoms with Crippen LogP contribution in [0.25, 0.3) is 0 Å². The molecule has 0 saturated carbocycles. The van der Waals surface area contributed by atoms with Gasteiger partial charge in [0.15, 0.2) is 5.82 Å². The first-order chi connectivity index (χ1) is 7.97. The molecule has 1 aromatic heterocycles. The second-order valence-electron chi connectivity index (χ2n) is 3.79. The van der Waals surface area contributed by atoms with Crippen molar-refractivity contribution in [2.75, 3.05) is 19.5 Å². The molecule has 0 fully saturated rings. The average molecular weight is 306 g/mol. The fourth-order valence-electron chi connectivity index (χ4n) is 1.06. The van der Waals surface area contributed by atoms with Gasteiger partial charge >= 0.3 is 0 Å². The second kappa shape index (κ2) is 8.25. The first-order valence-electron chi connectivity index (χ1n) is 5.42. The monoisotopic (exact) mass is 305 g/mol. The van der Waals surface area contributed by atoms with E-state index >= 15 is 0 Å². The normalized spacial score (nSPS) is 11.9. The molecule has 0 aliphatic rings. The van der Waals surface area contributed by atoms with Crippen LogP contribution in [0.5, 0.6) is 0 Å². The van der Waals surface area contributed by atoms with Gasteiger partial charge in [-0.15, -0.1) is 0 Å². The SMILES string of the molecule is CC(C)C(C=O)n1cc(Br)c(N)n1.CCOC. The number of aromatic nitrogens is 2. The molecule has 0 aliphatic heterocycles. The van der Waals surface area contributed by atoms with Crippen molar-refractivity contribution in [1.82, 2.24) is 9.78 Å². The first-order valence-corrected chi connectivity index (χ1v) is 6.21. The molecular formula is C11H20BrN3O2. The zero-order chi connectivity index (χ0) is 13.4. The zero-order valence-electron chi connectivity index (χ0n) is 10.7. The van der Waals surface area contributed by atoms with Crippen molar-refractivity contribution >= 4 is 28.0 Å². The number of ether oxygens (including phenoxy) is 1. The lowest BCUT2D eigenvalue weighted by Crippen LogP contribution is -2.17. The fourth-order valence-corrected chi connectivity index (χ4v) is 1.35. The molecule has 0 aliphatic carbocycles. The summed E-state index contributed by atoms with van der Waals surface area (Å²) in [5.41, 5.74) is 5.54. The molecule has 1 rings (SSSR count). The van der Waals surface area contributed by atoms with Crippen molar-refractivity contribution in [2.45, 2.75) is 26.8 Å². The van der Waals surface area contributed by atoms with Gasteiger partial charge in [-0.25, -0.2) is 0 Å². The smallest absolute Gasteiger partial charge is 0.159 e. The summed E-state index contributed by atoms with van der Waals surface area (Å²) in [5, 5.41) is 4.02. The van der Waals surface area contributed by atoms with Crippen LogP contribution >= 0.6 is 15.9 Å². The zero-order valence-corrected chi connectivity index (χ0v) is 12.3. The van der Waals surface area contributed by atoms with Crippen molar-refractivity contribution in [1.29, 1.82) is 0 Å². The molecule has 1 aromatic rings. The van der Waals surface area contributed by atoms with Crippen molar-refractivity contribution in [2.24, 2.45) is 5.92 Å². The van der Waals surface area contributed by atoms with Crippen molar-refractivity contribution in [3.63, 3.8) is 0 Å². The lowest BCUT2D eigenvalue weighted by Gasteiger charge is -2.13. The molecule has 0 spiro atoms. The molecule has 5 nitrogen and oxygen atoms in total. The molecule has 0 saturated heterocycles. The summed E-state index contributed by atoms with van der Waals surface area (Å²) >= 11 is 3.24. The van der Waals surface area contributed by atoms with Gasteiger partial charge in [0, 0.05) is 19.9 Å². The fraction of sp³-hybridized carbons (Fsp3) is 0.636. The topological polar surface area (TPSA) is 70.1 Å². The highest BCUT2D eigenvalue weighted by Gasteiger charge is 2.16. The van der Waals surface area contributed by atoms with Crippen LogP contribution in [0.15, 0.2) is 10.7 Å². The van der Waals surface area contributed by atoms with Crippen molar-refractivity contribution in [3.8, 4) is 0 Å². The van der Waals surface area contributed by atoms with Gasteiger partial charge in [-0.05, 0) is 28.8 Å². The minimum Gasteiger partial charge on any atom is -0.385 e. The highest BCUT2D eigenvalue weighted by Crippen LogP contribution is 2.21. The van der Waals surface area contributed by atoms with Crippen LogP contribution in [0.2, 0.25) is 0 Å². The van der Waals surface area contributed by atoms with Gasteiger partial charge in [0.25, 0.3) is 0 Å². The summed E-state index contributed by atoms with van der Waals surface area (Å²) in [6, 6.07) is -0.242. The number of carbonyl (C=O) groups excluding carboxylic acids is 1. The summed E-state index contributed by atoms with van der Waals surface area (Å²) in [7, 11) is 1.68. The lowest BCUT2D eigenvalue weighted by molar-refractivity contribution is -0.111. The van der Waals surface area contributed by atoms with Gasteiger partial charge < -0.3 is 15.3 Å². The van der Waals surface area contributed by atoms with Gasteiger partial charge in [-0.2, -0.15) is 5.10 Å². The van der Waals surface area contributed by atoms with Gasteiger partial charge in [0.2, 0.25) is 0 Å². The van der Waals surface area contributed by atoms with Gasteiger partial charge in [-0.3, -0.25) is 4.68 Å². The Morgan fingerprint density at radius 3 is 2.41 bits per heavy atom. The number of carbonyl (C=O) groups is 1. The van der Waals surface area contributed by atoms with Gasteiger partial charge in [-0.1, -0.05) is 13.8 Å². The Bertz CT molecular complexity index is 318. The molecular weight excluding hydrogens is 286 g/mol. The maximum absolute atomic E-state index is 10.8. The van der Waals surface area contributed by atoms with E-state index < -0.39 is 0 Å². The van der Waals surface area contributed by atoms with E-state index in [-0.39, 0.29) is 12.0 Å². The molecule has 2 N–H and O–H groups in total. The first kappa shape index (κ1) is 16.1. The molecule has 0 radical (unpaired) electrons. The number of hydrogen-bond donors (Lipinski definition) is 1. The van der Waals surface area contributed by atoms with Crippen LogP contribution in [0.1, 0.15) is 26.8 Å². The number of aldehydes is 1. The third kappa shape index (κ3) is 5.32. The number of nitrogen functional groups attached to an aromatic ring is 1. The van der Waals surface area contributed by atoms with Gasteiger partial charge in [0.05, 0.1) is 4.47 Å². The maximum atomic E-state index is 10.8. The Labute approximate surface area is 110 Å². The molecule has 0 amide bonds. The highest BCUT2D eigenvalue weighted by atomic mass is 79.9. The van der Waals surface area contributed by atoms with E-state index in [1.807, 2.05) is 20.8 Å². The molecule has 1 unspecified atom stereocenters. The predicted octanol–water partition coefficient (Wildman–Crippen LogP) is 2.28. The summed E-state index contributed by atoms with van der Waals surface area (Å²) in [6.45, 7) is 6.70. The number of hydrogen-bond acceptors (Lipinski definition) is 4. The van der Waals surface area contributed by atoms with Crippen LogP contribution < -0.4 is 5.73 Å². The van der Waals surface area contributed by atoms with E-state index in [1.54, 1.807) is 18.0 Å². The summed E-state index contributed by atoms with van der Waals surface area (Å²) in [6.07, 6.45) is 2.60. The second-order valence-corrected chi connectivity index (χ2v) is 4.64. The van der Waals surface area contributed by atoms with Crippen LogP contribution in [0.4, 0.5) is 5.82 Å². The summed E-state index contributed by atoms with van der Waals surface area (Å²) in [5.74, 6) is 0.621.